The smallest absolute Gasteiger partial charge is 0.0635 e. The van der Waals surface area contributed by atoms with Crippen molar-refractivity contribution in [3.05, 3.63) is 42.0 Å². The minimum atomic E-state index is 0.647. The van der Waals surface area contributed by atoms with Gasteiger partial charge in [0.1, 0.15) is 0 Å². The summed E-state index contributed by atoms with van der Waals surface area (Å²) in [7, 11) is 0. The molecule has 0 spiro atoms. The molecule has 0 aromatic heterocycles. The summed E-state index contributed by atoms with van der Waals surface area (Å²) in [5.74, 6) is 0. The van der Waals surface area contributed by atoms with Crippen LogP contribution in [0.2, 0.25) is 0 Å². The summed E-state index contributed by atoms with van der Waals surface area (Å²) < 4.78 is 0. The topological polar surface area (TPSA) is 30.3 Å². The van der Waals surface area contributed by atoms with Crippen LogP contribution in [0.15, 0.2) is 36.4 Å². The quantitative estimate of drug-likeness (QED) is 0.808. The van der Waals surface area contributed by atoms with Crippen molar-refractivity contribution in [3.63, 3.8) is 0 Å². The SMILES string of the molecule is N#CCCN1CCN(C/C=C/c2ccccc2)CC1. The van der Waals surface area contributed by atoms with E-state index >= 15 is 0 Å². The van der Waals surface area contributed by atoms with E-state index in [9.17, 15) is 0 Å². The van der Waals surface area contributed by atoms with Crippen LogP contribution < -0.4 is 0 Å². The van der Waals surface area contributed by atoms with Gasteiger partial charge in [0.25, 0.3) is 0 Å². The van der Waals surface area contributed by atoms with Crippen molar-refractivity contribution in [1.82, 2.24) is 9.80 Å². The van der Waals surface area contributed by atoms with Crippen LogP contribution in [-0.4, -0.2) is 49.1 Å². The van der Waals surface area contributed by atoms with Crippen LogP contribution in [0.25, 0.3) is 6.08 Å². The second kappa shape index (κ2) is 7.73. The number of rotatable bonds is 5. The van der Waals surface area contributed by atoms with Crippen molar-refractivity contribution in [2.24, 2.45) is 0 Å². The van der Waals surface area contributed by atoms with E-state index in [1.165, 1.54) is 5.56 Å². The maximum atomic E-state index is 8.58. The van der Waals surface area contributed by atoms with Gasteiger partial charge in [0.15, 0.2) is 0 Å². The molecule has 1 aromatic carbocycles. The third-order valence-corrected chi connectivity index (χ3v) is 3.48. The van der Waals surface area contributed by atoms with Crippen LogP contribution in [0.3, 0.4) is 0 Å². The fraction of sp³-hybridized carbons (Fsp3) is 0.438. The molecule has 0 amide bonds. The van der Waals surface area contributed by atoms with Gasteiger partial charge in [-0.05, 0) is 5.56 Å². The summed E-state index contributed by atoms with van der Waals surface area (Å²) in [6.07, 6.45) is 5.07. The highest BCUT2D eigenvalue weighted by molar-refractivity contribution is 5.48. The number of nitrogens with zero attached hydrogens (tertiary/aromatic N) is 3. The molecule has 1 aromatic rings. The molecule has 1 aliphatic rings. The molecule has 1 heterocycles. The number of nitriles is 1. The zero-order valence-electron chi connectivity index (χ0n) is 11.3. The van der Waals surface area contributed by atoms with Crippen LogP contribution in [-0.2, 0) is 0 Å². The number of benzene rings is 1. The van der Waals surface area contributed by atoms with E-state index in [2.05, 4.69) is 52.3 Å². The Morgan fingerprint density at radius 2 is 1.74 bits per heavy atom. The first-order valence-electron chi connectivity index (χ1n) is 6.92. The molecule has 0 unspecified atom stereocenters. The third-order valence-electron chi connectivity index (χ3n) is 3.48. The van der Waals surface area contributed by atoms with E-state index in [1.807, 2.05) is 6.07 Å². The molecule has 1 fully saturated rings. The molecule has 19 heavy (non-hydrogen) atoms. The van der Waals surface area contributed by atoms with Crippen molar-refractivity contribution < 1.29 is 0 Å². The second-order valence-electron chi connectivity index (χ2n) is 4.86. The molecule has 0 atom stereocenters. The van der Waals surface area contributed by atoms with Crippen LogP contribution in [0.1, 0.15) is 12.0 Å². The minimum absolute atomic E-state index is 0.647. The Kier molecular flexibility index (Phi) is 5.61. The number of piperazine rings is 1. The van der Waals surface area contributed by atoms with E-state index in [1.54, 1.807) is 0 Å². The Bertz CT molecular complexity index is 425. The zero-order chi connectivity index (χ0) is 13.3. The van der Waals surface area contributed by atoms with Gasteiger partial charge in [-0.15, -0.1) is 0 Å². The highest BCUT2D eigenvalue weighted by Gasteiger charge is 2.14. The maximum absolute atomic E-state index is 8.58. The highest BCUT2D eigenvalue weighted by Crippen LogP contribution is 2.04. The Morgan fingerprint density at radius 1 is 1.05 bits per heavy atom. The van der Waals surface area contributed by atoms with Crippen LogP contribution >= 0.6 is 0 Å². The maximum Gasteiger partial charge on any atom is 0.0635 e. The lowest BCUT2D eigenvalue weighted by Gasteiger charge is -2.33. The lowest BCUT2D eigenvalue weighted by Crippen LogP contribution is -2.46. The first kappa shape index (κ1) is 13.8. The standard InChI is InChI=1S/C16H21N3/c17-9-5-11-19-14-12-18(13-15-19)10-4-8-16-6-2-1-3-7-16/h1-4,6-8H,5,10-15H2/b8-4+. The molecule has 1 saturated heterocycles. The first-order chi connectivity index (χ1) is 9.38. The second-order valence-corrected chi connectivity index (χ2v) is 4.86. The molecule has 0 radical (unpaired) electrons. The molecule has 100 valence electrons. The molecule has 1 aliphatic heterocycles. The van der Waals surface area contributed by atoms with Gasteiger partial charge in [0.2, 0.25) is 0 Å². The number of hydrogen-bond donors (Lipinski definition) is 0. The van der Waals surface area contributed by atoms with Gasteiger partial charge < -0.3 is 0 Å². The fourth-order valence-electron chi connectivity index (χ4n) is 2.31. The molecular weight excluding hydrogens is 234 g/mol. The third kappa shape index (κ3) is 4.86. The van der Waals surface area contributed by atoms with Crippen molar-refractivity contribution in [3.8, 4) is 6.07 Å². The lowest BCUT2D eigenvalue weighted by molar-refractivity contribution is 0.145. The summed E-state index contributed by atoms with van der Waals surface area (Å²) in [5.41, 5.74) is 1.26. The predicted octanol–water partition coefficient (Wildman–Crippen LogP) is 2.23. The summed E-state index contributed by atoms with van der Waals surface area (Å²) in [6, 6.07) is 12.6. The first-order valence-corrected chi connectivity index (χ1v) is 6.92. The molecule has 0 saturated carbocycles. The largest absolute Gasteiger partial charge is 0.300 e. The average Bonchev–Trinajstić information content (AvgIpc) is 2.47. The van der Waals surface area contributed by atoms with Crippen molar-refractivity contribution in [2.45, 2.75) is 6.42 Å². The normalized spacial score (nSPS) is 17.6. The zero-order valence-corrected chi connectivity index (χ0v) is 11.3. The summed E-state index contributed by atoms with van der Waals surface area (Å²) in [4.78, 5) is 4.84. The molecule has 0 aliphatic carbocycles. The Hall–Kier alpha value is -1.63. The van der Waals surface area contributed by atoms with Crippen LogP contribution in [0.4, 0.5) is 0 Å². The molecule has 0 N–H and O–H groups in total. The van der Waals surface area contributed by atoms with Gasteiger partial charge in [-0.25, -0.2) is 0 Å². The Balaban J connectivity index is 1.69. The number of hydrogen-bond acceptors (Lipinski definition) is 3. The Morgan fingerprint density at radius 3 is 2.42 bits per heavy atom. The molecule has 3 heteroatoms. The minimum Gasteiger partial charge on any atom is -0.300 e. The van der Waals surface area contributed by atoms with E-state index in [0.29, 0.717) is 6.42 Å². The van der Waals surface area contributed by atoms with E-state index in [4.69, 9.17) is 5.26 Å². The lowest BCUT2D eigenvalue weighted by atomic mass is 10.2. The summed E-state index contributed by atoms with van der Waals surface area (Å²) >= 11 is 0. The van der Waals surface area contributed by atoms with Gasteiger partial charge in [-0.3, -0.25) is 9.80 Å². The predicted molar refractivity (Wildman–Crippen MR) is 78.6 cm³/mol. The van der Waals surface area contributed by atoms with E-state index in [-0.39, 0.29) is 0 Å². The van der Waals surface area contributed by atoms with Crippen molar-refractivity contribution in [2.75, 3.05) is 39.3 Å². The van der Waals surface area contributed by atoms with Gasteiger partial charge in [-0.1, -0.05) is 42.5 Å². The van der Waals surface area contributed by atoms with Gasteiger partial charge in [0.05, 0.1) is 6.07 Å². The van der Waals surface area contributed by atoms with E-state index < -0.39 is 0 Å². The van der Waals surface area contributed by atoms with Crippen molar-refractivity contribution >= 4 is 6.08 Å². The van der Waals surface area contributed by atoms with Gasteiger partial charge in [-0.2, -0.15) is 5.26 Å². The Labute approximate surface area is 115 Å². The van der Waals surface area contributed by atoms with Crippen LogP contribution in [0.5, 0.6) is 0 Å². The molecule has 2 rings (SSSR count). The van der Waals surface area contributed by atoms with Gasteiger partial charge in [0, 0.05) is 45.7 Å². The molecule has 3 nitrogen and oxygen atoms in total. The monoisotopic (exact) mass is 255 g/mol. The van der Waals surface area contributed by atoms with E-state index in [0.717, 1.165) is 39.3 Å². The van der Waals surface area contributed by atoms with Gasteiger partial charge >= 0.3 is 0 Å². The molecular formula is C16H21N3. The fourth-order valence-corrected chi connectivity index (χ4v) is 2.31. The highest BCUT2D eigenvalue weighted by atomic mass is 15.3. The summed E-state index contributed by atoms with van der Waals surface area (Å²) in [5, 5.41) is 8.58. The van der Waals surface area contributed by atoms with Crippen LogP contribution in [0, 0.1) is 11.3 Å². The average molecular weight is 255 g/mol. The summed E-state index contributed by atoms with van der Waals surface area (Å²) in [6.45, 7) is 6.31. The van der Waals surface area contributed by atoms with Crippen molar-refractivity contribution in [1.29, 1.82) is 5.26 Å². The molecule has 0 bridgehead atoms.